The summed E-state index contributed by atoms with van der Waals surface area (Å²) in [6.07, 6.45) is -0.518. The van der Waals surface area contributed by atoms with Crippen LogP contribution in [-0.2, 0) is 35.1 Å². The maximum atomic E-state index is 14.0. The smallest absolute Gasteiger partial charge is 0.411 e. The average Bonchev–Trinajstić information content (AvgIpc) is 2.95. The molecule has 44 heavy (non-hydrogen) atoms. The van der Waals surface area contributed by atoms with E-state index in [1.165, 1.54) is 13.2 Å². The minimum Gasteiger partial charge on any atom is -0.507 e. The van der Waals surface area contributed by atoms with E-state index in [1.807, 2.05) is 0 Å². The number of anilines is 1. The van der Waals surface area contributed by atoms with Crippen molar-refractivity contribution in [2.24, 2.45) is 41.2 Å². The molecule has 2 aromatic carbocycles. The van der Waals surface area contributed by atoms with Gasteiger partial charge in [-0.15, -0.1) is 0 Å². The van der Waals surface area contributed by atoms with Gasteiger partial charge < -0.3 is 25.4 Å². The molecule has 5 N–H and O–H groups in total. The summed E-state index contributed by atoms with van der Waals surface area (Å²) in [6.45, 7) is 3.73. The number of hydrogen-bond acceptors (Lipinski definition) is 10. The summed E-state index contributed by atoms with van der Waals surface area (Å²) in [7, 11) is 1.49. The van der Waals surface area contributed by atoms with Crippen molar-refractivity contribution in [1.82, 2.24) is 0 Å². The molecule has 2 unspecified atom stereocenters. The largest absolute Gasteiger partial charge is 0.507 e. The van der Waals surface area contributed by atoms with E-state index < -0.39 is 76.2 Å². The first-order valence-electron chi connectivity index (χ1n) is 14.4. The highest BCUT2D eigenvalue weighted by Crippen LogP contribution is 2.53. The van der Waals surface area contributed by atoms with Gasteiger partial charge in [-0.1, -0.05) is 32.0 Å². The number of phenols is 1. The van der Waals surface area contributed by atoms with E-state index in [4.69, 9.17) is 15.2 Å². The highest BCUT2D eigenvalue weighted by Gasteiger charge is 2.69. The van der Waals surface area contributed by atoms with Gasteiger partial charge in [0.25, 0.3) is 0 Å². The number of hydrogen-bond donors (Lipinski definition) is 4. The molecule has 0 radical (unpaired) electrons. The molecule has 232 valence electrons. The molecule has 0 aliphatic heterocycles. The lowest BCUT2D eigenvalue weighted by Crippen LogP contribution is -2.71. The molecule has 6 atom stereocenters. The molecule has 2 aromatic rings. The summed E-state index contributed by atoms with van der Waals surface area (Å²) >= 11 is 0. The first kappa shape index (κ1) is 31.0. The number of ketones is 4. The maximum Gasteiger partial charge on any atom is 0.411 e. The second kappa shape index (κ2) is 11.6. The molecule has 0 bridgehead atoms. The summed E-state index contributed by atoms with van der Waals surface area (Å²) in [5.41, 5.74) is 4.76. The zero-order valence-corrected chi connectivity index (χ0v) is 24.5. The molecule has 2 saturated carbocycles. The van der Waals surface area contributed by atoms with Crippen LogP contribution in [-0.4, -0.2) is 71.3 Å². The van der Waals surface area contributed by atoms with Gasteiger partial charge in [0.2, 0.25) is 5.91 Å². The van der Waals surface area contributed by atoms with E-state index in [-0.39, 0.29) is 37.4 Å². The molecule has 2 fully saturated rings. The molecular weight excluding hydrogens is 572 g/mol. The van der Waals surface area contributed by atoms with Crippen LogP contribution in [0.15, 0.2) is 36.4 Å². The number of fused-ring (bicyclic) bond motifs is 3. The predicted octanol–water partition coefficient (Wildman–Crippen LogP) is 2.07. The Morgan fingerprint density at radius 3 is 2.34 bits per heavy atom. The number of methoxy groups -OCH3 is 1. The number of nitrogens with two attached hydrogens (primary N) is 1. The lowest BCUT2D eigenvalue weighted by atomic mass is 9.49. The van der Waals surface area contributed by atoms with Crippen LogP contribution in [0.1, 0.15) is 36.2 Å². The molecule has 5 rings (SSSR count). The number of amides is 2. The molecule has 12 nitrogen and oxygen atoms in total. The van der Waals surface area contributed by atoms with Crippen LogP contribution >= 0.6 is 0 Å². The Kier molecular flexibility index (Phi) is 8.17. The number of phenolic OH excluding ortho intramolecular Hbond substituents is 1. The van der Waals surface area contributed by atoms with Crippen LogP contribution in [0.3, 0.4) is 0 Å². The zero-order valence-electron chi connectivity index (χ0n) is 24.5. The number of primary amides is 1. The number of carbonyl (C=O) groups excluding carboxylic acids is 6. The number of nitrogens with one attached hydrogen (secondary N) is 1. The Labute approximate surface area is 252 Å². The lowest BCUT2D eigenvalue weighted by Gasteiger charge is -2.52. The third-order valence-electron chi connectivity index (χ3n) is 9.16. The van der Waals surface area contributed by atoms with Gasteiger partial charge in [0, 0.05) is 24.6 Å². The van der Waals surface area contributed by atoms with Crippen molar-refractivity contribution >= 4 is 40.8 Å². The standard InChI is InChI=1S/C32H34N2O10/c1-14(2)22-20-13-16-12-19-18(15-4-6-17(7-5-15)34-31(41)44-11-10-43-3)8-9-21(35)24(19)27(37)23(16)28(38)32(20,42)29(39)25(26(22)36)30(33)40/h4-9,14,16,20,22-23,25,35,42H,10-13H2,1-3H3,(H2,33,40)(H,34,41)/t16-,20-,22-,23?,25?,32-/m0/s1. The van der Waals surface area contributed by atoms with E-state index in [1.54, 1.807) is 44.2 Å². The second-order valence-corrected chi connectivity index (χ2v) is 12.0. The molecular formula is C32H34N2O10. The molecule has 3 aliphatic rings. The monoisotopic (exact) mass is 606 g/mol. The highest BCUT2D eigenvalue weighted by atomic mass is 16.6. The SMILES string of the molecule is COCCOC(=O)Nc1ccc(-c2ccc(O)c3c2C[C@H]2C[C@H]4[C@H](C(C)C)C(=O)C(C(N)=O)C(=O)[C@@]4(O)C(=O)C2C3=O)cc1. The van der Waals surface area contributed by atoms with Crippen molar-refractivity contribution in [3.05, 3.63) is 47.5 Å². The van der Waals surface area contributed by atoms with Gasteiger partial charge in [0.15, 0.2) is 34.7 Å². The van der Waals surface area contributed by atoms with Crippen LogP contribution in [0.2, 0.25) is 0 Å². The number of carbonyl (C=O) groups is 6. The molecule has 0 aromatic heterocycles. The van der Waals surface area contributed by atoms with Crippen LogP contribution < -0.4 is 11.1 Å². The quantitative estimate of drug-likeness (QED) is 0.267. The van der Waals surface area contributed by atoms with E-state index in [2.05, 4.69) is 5.32 Å². The van der Waals surface area contributed by atoms with Crippen molar-refractivity contribution in [1.29, 1.82) is 0 Å². The minimum absolute atomic E-state index is 0.00691. The summed E-state index contributed by atoms with van der Waals surface area (Å²) in [5.74, 6) is -12.1. The van der Waals surface area contributed by atoms with Gasteiger partial charge in [0.05, 0.1) is 18.1 Å². The third-order valence-corrected chi connectivity index (χ3v) is 9.16. The Bertz CT molecular complexity index is 1570. The Balaban J connectivity index is 1.51. The highest BCUT2D eigenvalue weighted by molar-refractivity contribution is 6.32. The van der Waals surface area contributed by atoms with Crippen molar-refractivity contribution in [2.75, 3.05) is 25.6 Å². The van der Waals surface area contributed by atoms with Gasteiger partial charge in [-0.05, 0) is 59.6 Å². The summed E-state index contributed by atoms with van der Waals surface area (Å²) in [5, 5.41) is 25.1. The van der Waals surface area contributed by atoms with Crippen LogP contribution in [0, 0.1) is 35.5 Å². The van der Waals surface area contributed by atoms with E-state index in [9.17, 15) is 39.0 Å². The zero-order chi connectivity index (χ0) is 32.1. The van der Waals surface area contributed by atoms with Gasteiger partial charge in [-0.25, -0.2) is 4.79 Å². The first-order chi connectivity index (χ1) is 20.8. The predicted molar refractivity (Wildman–Crippen MR) is 154 cm³/mol. The summed E-state index contributed by atoms with van der Waals surface area (Å²) in [6, 6.07) is 9.70. The number of aromatic hydroxyl groups is 1. The molecule has 0 heterocycles. The molecule has 0 saturated heterocycles. The number of ether oxygens (including phenoxy) is 2. The molecule has 0 spiro atoms. The van der Waals surface area contributed by atoms with E-state index >= 15 is 0 Å². The fourth-order valence-electron chi connectivity index (χ4n) is 7.23. The third kappa shape index (κ3) is 4.87. The van der Waals surface area contributed by atoms with Crippen molar-refractivity contribution < 1.29 is 48.5 Å². The summed E-state index contributed by atoms with van der Waals surface area (Å²) in [4.78, 5) is 78.8. The van der Waals surface area contributed by atoms with Crippen LogP contribution in [0.4, 0.5) is 10.5 Å². The van der Waals surface area contributed by atoms with Gasteiger partial charge in [-0.2, -0.15) is 0 Å². The van der Waals surface area contributed by atoms with Gasteiger partial charge in [-0.3, -0.25) is 29.3 Å². The van der Waals surface area contributed by atoms with Gasteiger partial charge in [0.1, 0.15) is 12.4 Å². The van der Waals surface area contributed by atoms with E-state index in [0.717, 1.165) is 0 Å². The van der Waals surface area contributed by atoms with Crippen molar-refractivity contribution in [3.63, 3.8) is 0 Å². The Morgan fingerprint density at radius 2 is 1.73 bits per heavy atom. The van der Waals surface area contributed by atoms with Gasteiger partial charge >= 0.3 is 6.09 Å². The number of Topliss-reactive ketones (excluding diaryl/α,β-unsaturated/α-hetero) is 4. The molecule has 3 aliphatic carbocycles. The van der Waals surface area contributed by atoms with Crippen molar-refractivity contribution in [3.8, 4) is 16.9 Å². The number of rotatable bonds is 7. The normalized spacial score (nSPS) is 27.8. The number of aliphatic hydroxyl groups is 1. The lowest BCUT2D eigenvalue weighted by molar-refractivity contribution is -0.182. The van der Waals surface area contributed by atoms with E-state index in [0.29, 0.717) is 22.4 Å². The summed E-state index contributed by atoms with van der Waals surface area (Å²) < 4.78 is 9.86. The first-order valence-corrected chi connectivity index (χ1v) is 14.4. The second-order valence-electron chi connectivity index (χ2n) is 12.0. The topological polar surface area (TPSA) is 199 Å². The minimum atomic E-state index is -2.74. The number of benzene rings is 2. The van der Waals surface area contributed by atoms with Crippen LogP contribution in [0.5, 0.6) is 5.75 Å². The molecule has 12 heteroatoms. The molecule has 2 amide bonds. The van der Waals surface area contributed by atoms with Crippen LogP contribution in [0.25, 0.3) is 11.1 Å². The fraction of sp³-hybridized carbons (Fsp3) is 0.438. The maximum absolute atomic E-state index is 14.0. The Morgan fingerprint density at radius 1 is 1.05 bits per heavy atom. The fourth-order valence-corrected chi connectivity index (χ4v) is 7.23. The van der Waals surface area contributed by atoms with Crippen molar-refractivity contribution in [2.45, 2.75) is 32.3 Å². The Hall–Kier alpha value is -4.42. The average molecular weight is 607 g/mol.